The maximum atomic E-state index is 14.2. The number of aliphatic carboxylic acids is 1. The number of imidazole rings is 1. The lowest BCUT2D eigenvalue weighted by atomic mass is 9.97. The number of benzene rings is 3. The van der Waals surface area contributed by atoms with Gasteiger partial charge in [0.05, 0.1) is 35.8 Å². The van der Waals surface area contributed by atoms with Crippen molar-refractivity contribution in [2.24, 2.45) is 0 Å². The number of halogens is 1. The number of carboxylic acids is 1. The van der Waals surface area contributed by atoms with Crippen LogP contribution >= 0.6 is 0 Å². The summed E-state index contributed by atoms with van der Waals surface area (Å²) in [5.41, 5.74) is 5.08. The van der Waals surface area contributed by atoms with Crippen LogP contribution in [0.5, 0.6) is 11.5 Å². The van der Waals surface area contributed by atoms with E-state index in [1.165, 1.54) is 12.1 Å². The molecule has 7 nitrogen and oxygen atoms in total. The first kappa shape index (κ1) is 22.4. The summed E-state index contributed by atoms with van der Waals surface area (Å²) < 4.78 is 28.1. The topological polar surface area (TPSA) is 85.6 Å². The van der Waals surface area contributed by atoms with Gasteiger partial charge in [0.25, 0.3) is 0 Å². The Hall–Kier alpha value is -4.07. The Labute approximate surface area is 207 Å². The normalized spacial score (nSPS) is 18.1. The minimum absolute atomic E-state index is 0.0532. The second-order valence-electron chi connectivity index (χ2n) is 9.65. The summed E-state index contributed by atoms with van der Waals surface area (Å²) >= 11 is 0. The largest absolute Gasteiger partial charge is 0.493 e. The van der Waals surface area contributed by atoms with E-state index < -0.39 is 5.97 Å². The van der Waals surface area contributed by atoms with Gasteiger partial charge in [0, 0.05) is 40.8 Å². The molecule has 0 amide bonds. The van der Waals surface area contributed by atoms with Gasteiger partial charge in [0.1, 0.15) is 29.7 Å². The second-order valence-corrected chi connectivity index (χ2v) is 9.65. The van der Waals surface area contributed by atoms with E-state index >= 15 is 0 Å². The number of anilines is 1. The van der Waals surface area contributed by atoms with E-state index in [4.69, 9.17) is 19.6 Å². The molecule has 3 aromatic carbocycles. The van der Waals surface area contributed by atoms with Gasteiger partial charge in [-0.15, -0.1) is 0 Å². The summed E-state index contributed by atoms with van der Waals surface area (Å²) in [6, 6.07) is 16.4. The van der Waals surface area contributed by atoms with E-state index in [0.29, 0.717) is 24.5 Å². The molecule has 3 heterocycles. The third kappa shape index (κ3) is 3.73. The van der Waals surface area contributed by atoms with Crippen molar-refractivity contribution in [1.29, 1.82) is 0 Å². The van der Waals surface area contributed by atoms with E-state index in [1.54, 1.807) is 6.07 Å². The number of hydrogen-bond acceptors (Lipinski definition) is 5. The standard InChI is InChI=1S/C28H26FN3O4/c1-15(2)28-31-21-9-6-17(29)11-24(21)32(28)23-5-3-4-20-22(14-36-27(20)23)30-18-7-8-19-16(10-26(33)34)13-35-25(19)12-18/h3-9,11-12,15-16,22,30H,10,13-14H2,1-2H3,(H,33,34). The fourth-order valence-corrected chi connectivity index (χ4v) is 5.18. The summed E-state index contributed by atoms with van der Waals surface area (Å²) in [6.07, 6.45) is 0.0532. The van der Waals surface area contributed by atoms with Crippen LogP contribution in [0.1, 0.15) is 55.1 Å². The molecule has 184 valence electrons. The van der Waals surface area contributed by atoms with Crippen LogP contribution in [0, 0.1) is 5.82 Å². The summed E-state index contributed by atoms with van der Waals surface area (Å²) in [5, 5.41) is 12.7. The van der Waals surface area contributed by atoms with Gasteiger partial charge in [-0.25, -0.2) is 9.37 Å². The molecule has 0 saturated carbocycles. The van der Waals surface area contributed by atoms with E-state index in [2.05, 4.69) is 19.2 Å². The average molecular weight is 488 g/mol. The average Bonchev–Trinajstić information content (AvgIpc) is 3.54. The summed E-state index contributed by atoms with van der Waals surface area (Å²) in [7, 11) is 0. The Morgan fingerprint density at radius 2 is 2.00 bits per heavy atom. The van der Waals surface area contributed by atoms with Crippen molar-refractivity contribution in [1.82, 2.24) is 9.55 Å². The highest BCUT2D eigenvalue weighted by Crippen LogP contribution is 2.43. The van der Waals surface area contributed by atoms with Crippen LogP contribution in [0.25, 0.3) is 16.7 Å². The van der Waals surface area contributed by atoms with Crippen LogP contribution in [0.15, 0.2) is 54.6 Å². The molecule has 2 aliphatic rings. The minimum Gasteiger partial charge on any atom is -0.493 e. The molecule has 2 unspecified atom stereocenters. The van der Waals surface area contributed by atoms with Crippen LogP contribution in [0.4, 0.5) is 10.1 Å². The zero-order valence-electron chi connectivity index (χ0n) is 20.0. The number of para-hydroxylation sites is 1. The van der Waals surface area contributed by atoms with Crippen molar-refractivity contribution in [2.45, 2.75) is 38.1 Å². The Morgan fingerprint density at radius 3 is 2.81 bits per heavy atom. The number of nitrogens with zero attached hydrogens (tertiary/aromatic N) is 2. The van der Waals surface area contributed by atoms with E-state index in [1.807, 2.05) is 41.0 Å². The smallest absolute Gasteiger partial charge is 0.304 e. The lowest BCUT2D eigenvalue weighted by molar-refractivity contribution is -0.137. The Balaban J connectivity index is 1.34. The molecule has 1 aromatic heterocycles. The Bertz CT molecular complexity index is 1500. The van der Waals surface area contributed by atoms with Gasteiger partial charge in [-0.2, -0.15) is 0 Å². The van der Waals surface area contributed by atoms with Gasteiger partial charge in [0.2, 0.25) is 0 Å². The highest BCUT2D eigenvalue weighted by molar-refractivity contribution is 5.80. The van der Waals surface area contributed by atoms with Crippen molar-refractivity contribution in [3.63, 3.8) is 0 Å². The maximum absolute atomic E-state index is 14.2. The van der Waals surface area contributed by atoms with Gasteiger partial charge < -0.3 is 19.9 Å². The van der Waals surface area contributed by atoms with E-state index in [0.717, 1.165) is 39.6 Å². The Kier molecular flexibility index (Phi) is 5.32. The molecule has 4 aromatic rings. The number of aromatic nitrogens is 2. The number of ether oxygens (including phenoxy) is 2. The predicted molar refractivity (Wildman–Crippen MR) is 134 cm³/mol. The molecule has 6 rings (SSSR count). The molecular weight excluding hydrogens is 461 g/mol. The summed E-state index contributed by atoms with van der Waals surface area (Å²) in [4.78, 5) is 15.9. The first-order chi connectivity index (χ1) is 17.4. The highest BCUT2D eigenvalue weighted by Gasteiger charge is 2.30. The molecule has 36 heavy (non-hydrogen) atoms. The lowest BCUT2D eigenvalue weighted by Crippen LogP contribution is -2.11. The number of hydrogen-bond donors (Lipinski definition) is 2. The van der Waals surface area contributed by atoms with Crippen molar-refractivity contribution in [3.8, 4) is 17.2 Å². The van der Waals surface area contributed by atoms with Crippen LogP contribution < -0.4 is 14.8 Å². The van der Waals surface area contributed by atoms with Gasteiger partial charge >= 0.3 is 5.97 Å². The summed E-state index contributed by atoms with van der Waals surface area (Å²) in [6.45, 7) is 4.95. The van der Waals surface area contributed by atoms with Crippen molar-refractivity contribution in [3.05, 3.63) is 77.4 Å². The zero-order valence-corrected chi connectivity index (χ0v) is 20.0. The molecule has 0 spiro atoms. The van der Waals surface area contributed by atoms with Gasteiger partial charge in [0.15, 0.2) is 0 Å². The first-order valence-corrected chi connectivity index (χ1v) is 12.1. The first-order valence-electron chi connectivity index (χ1n) is 12.1. The predicted octanol–water partition coefficient (Wildman–Crippen LogP) is 5.78. The number of carbonyl (C=O) groups is 1. The molecule has 0 aliphatic carbocycles. The summed E-state index contributed by atoms with van der Waals surface area (Å²) in [5.74, 6) is 1.17. The third-order valence-corrected chi connectivity index (χ3v) is 6.85. The number of nitrogens with one attached hydrogen (secondary N) is 1. The van der Waals surface area contributed by atoms with E-state index in [-0.39, 0.29) is 30.1 Å². The van der Waals surface area contributed by atoms with Gasteiger partial charge in [-0.05, 0) is 24.3 Å². The van der Waals surface area contributed by atoms with Crippen LogP contribution in [-0.2, 0) is 4.79 Å². The zero-order chi connectivity index (χ0) is 25.0. The number of rotatable bonds is 6. The number of carboxylic acid groups (broad SMARTS) is 1. The monoisotopic (exact) mass is 487 g/mol. The quantitative estimate of drug-likeness (QED) is 0.358. The molecule has 0 fully saturated rings. The fraction of sp³-hybridized carbons (Fsp3) is 0.286. The minimum atomic E-state index is -0.830. The molecule has 2 atom stereocenters. The SMILES string of the molecule is CC(C)c1nc2ccc(F)cc2n1-c1cccc2c1OCC2Nc1ccc2c(c1)OCC2CC(=O)O. The van der Waals surface area contributed by atoms with Crippen LogP contribution in [-0.4, -0.2) is 33.8 Å². The van der Waals surface area contributed by atoms with Crippen LogP contribution in [0.2, 0.25) is 0 Å². The van der Waals surface area contributed by atoms with Crippen molar-refractivity contribution < 1.29 is 23.8 Å². The maximum Gasteiger partial charge on any atom is 0.304 e. The van der Waals surface area contributed by atoms with Gasteiger partial charge in [-0.3, -0.25) is 9.36 Å². The molecule has 0 radical (unpaired) electrons. The third-order valence-electron chi connectivity index (χ3n) is 6.85. The highest BCUT2D eigenvalue weighted by atomic mass is 19.1. The molecule has 0 bridgehead atoms. The molecule has 2 N–H and O–H groups in total. The molecule has 2 aliphatic heterocycles. The van der Waals surface area contributed by atoms with Crippen LogP contribution in [0.3, 0.4) is 0 Å². The van der Waals surface area contributed by atoms with Crippen molar-refractivity contribution >= 4 is 22.7 Å². The van der Waals surface area contributed by atoms with Crippen molar-refractivity contribution in [2.75, 3.05) is 18.5 Å². The van der Waals surface area contributed by atoms with Gasteiger partial charge in [-0.1, -0.05) is 32.0 Å². The molecular formula is C28H26FN3O4. The molecule has 8 heteroatoms. The second kappa shape index (κ2) is 8.55. The lowest BCUT2D eigenvalue weighted by Gasteiger charge is -2.16. The Morgan fingerprint density at radius 1 is 1.14 bits per heavy atom. The molecule has 0 saturated heterocycles. The van der Waals surface area contributed by atoms with E-state index in [9.17, 15) is 9.18 Å². The number of fused-ring (bicyclic) bond motifs is 3. The fourth-order valence-electron chi connectivity index (χ4n) is 5.18.